The zero-order chi connectivity index (χ0) is 16.3. The number of nitrogen functional groups attached to an aromatic ring is 1. The molecule has 0 saturated carbocycles. The lowest BCUT2D eigenvalue weighted by Gasteiger charge is -2.33. The molecule has 1 aromatic heterocycles. The highest BCUT2D eigenvalue weighted by Gasteiger charge is 2.26. The molecule has 0 fully saturated rings. The number of nitrogens with two attached hydrogens (primary N) is 1. The van der Waals surface area contributed by atoms with Crippen molar-refractivity contribution in [3.63, 3.8) is 0 Å². The number of esters is 1. The van der Waals surface area contributed by atoms with Gasteiger partial charge in [0.25, 0.3) is 0 Å². The highest BCUT2D eigenvalue weighted by Crippen LogP contribution is 2.29. The first-order valence-electron chi connectivity index (χ1n) is 7.25. The van der Waals surface area contributed by atoms with E-state index in [2.05, 4.69) is 44.9 Å². The normalized spacial score (nSPS) is 12.1. The number of carbonyl (C=O) groups excluding carboxylic acids is 1. The van der Waals surface area contributed by atoms with E-state index in [1.54, 1.807) is 13.0 Å². The van der Waals surface area contributed by atoms with Gasteiger partial charge in [0.2, 0.25) is 0 Å². The van der Waals surface area contributed by atoms with Crippen molar-refractivity contribution in [3.05, 3.63) is 17.8 Å². The number of anilines is 2. The fraction of sp³-hybridized carbons (Fsp3) is 0.625. The zero-order valence-electron chi connectivity index (χ0n) is 13.9. The molecule has 118 valence electrons. The van der Waals surface area contributed by atoms with Crippen molar-refractivity contribution >= 4 is 17.5 Å². The first-order valence-corrected chi connectivity index (χ1v) is 7.25. The Morgan fingerprint density at radius 2 is 1.95 bits per heavy atom. The van der Waals surface area contributed by atoms with Crippen molar-refractivity contribution in [2.24, 2.45) is 5.41 Å². The average Bonchev–Trinajstić information content (AvgIpc) is 2.28. The summed E-state index contributed by atoms with van der Waals surface area (Å²) in [5.41, 5.74) is 6.51. The van der Waals surface area contributed by atoms with Gasteiger partial charge in [-0.3, -0.25) is 0 Å². The van der Waals surface area contributed by atoms with Crippen molar-refractivity contribution in [2.45, 2.75) is 53.5 Å². The van der Waals surface area contributed by atoms with Crippen molar-refractivity contribution in [1.82, 2.24) is 4.98 Å². The van der Waals surface area contributed by atoms with Crippen LogP contribution in [0.1, 0.15) is 58.3 Å². The van der Waals surface area contributed by atoms with Crippen LogP contribution in [0.4, 0.5) is 11.5 Å². The fourth-order valence-corrected chi connectivity index (χ4v) is 2.64. The van der Waals surface area contributed by atoms with Crippen LogP contribution in [0.15, 0.2) is 12.3 Å². The number of carbonyl (C=O) groups is 1. The molecule has 1 heterocycles. The molecule has 0 aliphatic rings. The summed E-state index contributed by atoms with van der Waals surface area (Å²) in [6, 6.07) is 1.65. The second-order valence-corrected chi connectivity index (χ2v) is 7.12. The number of nitrogens with one attached hydrogen (secondary N) is 1. The molecule has 3 N–H and O–H groups in total. The molecule has 1 rings (SSSR count). The summed E-state index contributed by atoms with van der Waals surface area (Å²) in [7, 11) is 0. The van der Waals surface area contributed by atoms with E-state index in [4.69, 9.17) is 10.5 Å². The van der Waals surface area contributed by atoms with Gasteiger partial charge in [0.1, 0.15) is 5.82 Å². The van der Waals surface area contributed by atoms with E-state index in [9.17, 15) is 4.79 Å². The molecule has 0 aliphatic heterocycles. The molecule has 0 bridgehead atoms. The third kappa shape index (κ3) is 5.61. The van der Waals surface area contributed by atoms with E-state index in [-0.39, 0.29) is 11.0 Å². The summed E-state index contributed by atoms with van der Waals surface area (Å²) in [5, 5.41) is 3.36. The van der Waals surface area contributed by atoms with Crippen LogP contribution in [0, 0.1) is 5.41 Å². The second kappa shape index (κ2) is 6.33. The summed E-state index contributed by atoms with van der Waals surface area (Å²) in [4.78, 5) is 16.1. The van der Waals surface area contributed by atoms with Crippen LogP contribution in [-0.4, -0.2) is 23.1 Å². The number of ether oxygens (including phenoxy) is 1. The summed E-state index contributed by atoms with van der Waals surface area (Å²) in [6.45, 7) is 12.9. The standard InChI is InChI=1S/C16H27N3O2/c1-7-21-14(20)11-8-13(18-9-12(11)17)19-16(5,6)10-15(2,3)4/h8-9H,7,10,17H2,1-6H3,(H,18,19). The topological polar surface area (TPSA) is 77.2 Å². The van der Waals surface area contributed by atoms with Crippen molar-refractivity contribution in [1.29, 1.82) is 0 Å². The number of hydrogen-bond donors (Lipinski definition) is 2. The Kier molecular flexibility index (Phi) is 5.20. The van der Waals surface area contributed by atoms with E-state index in [0.717, 1.165) is 6.42 Å². The first-order chi connectivity index (χ1) is 9.54. The van der Waals surface area contributed by atoms with Gasteiger partial charge in [0.05, 0.1) is 24.1 Å². The summed E-state index contributed by atoms with van der Waals surface area (Å²) in [5.74, 6) is 0.204. The molecule has 0 radical (unpaired) electrons. The molecule has 5 heteroatoms. The van der Waals surface area contributed by atoms with Crippen molar-refractivity contribution in [2.75, 3.05) is 17.7 Å². The van der Waals surface area contributed by atoms with Gasteiger partial charge in [-0.1, -0.05) is 20.8 Å². The molecule has 21 heavy (non-hydrogen) atoms. The monoisotopic (exact) mass is 293 g/mol. The molecule has 0 saturated heterocycles. The Balaban J connectivity index is 2.95. The van der Waals surface area contributed by atoms with Gasteiger partial charge < -0.3 is 15.8 Å². The van der Waals surface area contributed by atoms with Crippen LogP contribution in [0.2, 0.25) is 0 Å². The number of aromatic nitrogens is 1. The highest BCUT2D eigenvalue weighted by molar-refractivity contribution is 5.95. The molecule has 5 nitrogen and oxygen atoms in total. The predicted octanol–water partition coefficient (Wildman–Crippen LogP) is 3.47. The van der Waals surface area contributed by atoms with E-state index < -0.39 is 5.97 Å². The Labute approximate surface area is 127 Å². The molecular formula is C16H27N3O2. The second-order valence-electron chi connectivity index (χ2n) is 7.12. The summed E-state index contributed by atoms with van der Waals surface area (Å²) >= 11 is 0. The minimum atomic E-state index is -0.422. The maximum absolute atomic E-state index is 11.9. The summed E-state index contributed by atoms with van der Waals surface area (Å²) in [6.07, 6.45) is 2.45. The highest BCUT2D eigenvalue weighted by atomic mass is 16.5. The van der Waals surface area contributed by atoms with Crippen LogP contribution < -0.4 is 11.1 Å². The summed E-state index contributed by atoms with van der Waals surface area (Å²) < 4.78 is 5.00. The van der Waals surface area contributed by atoms with Crippen LogP contribution in [0.25, 0.3) is 0 Å². The van der Waals surface area contributed by atoms with Gasteiger partial charge in [-0.2, -0.15) is 0 Å². The Hall–Kier alpha value is -1.78. The molecule has 0 amide bonds. The molecule has 1 aromatic rings. The fourth-order valence-electron chi connectivity index (χ4n) is 2.64. The largest absolute Gasteiger partial charge is 0.462 e. The van der Waals surface area contributed by atoms with E-state index in [1.807, 2.05) is 0 Å². The molecule has 0 aromatic carbocycles. The molecule has 0 atom stereocenters. The van der Waals surface area contributed by atoms with Crippen LogP contribution in [0.3, 0.4) is 0 Å². The number of rotatable bonds is 5. The molecule has 0 aliphatic carbocycles. The Bertz CT molecular complexity index is 505. The van der Waals surface area contributed by atoms with Crippen LogP contribution >= 0.6 is 0 Å². The van der Waals surface area contributed by atoms with E-state index >= 15 is 0 Å². The van der Waals surface area contributed by atoms with Crippen molar-refractivity contribution in [3.8, 4) is 0 Å². The molecule has 0 spiro atoms. The van der Waals surface area contributed by atoms with Gasteiger partial charge in [0.15, 0.2) is 0 Å². The maximum atomic E-state index is 11.9. The quantitative estimate of drug-likeness (QED) is 0.813. The van der Waals surface area contributed by atoms with Gasteiger partial charge >= 0.3 is 5.97 Å². The Morgan fingerprint density at radius 1 is 1.33 bits per heavy atom. The zero-order valence-corrected chi connectivity index (χ0v) is 13.9. The third-order valence-electron chi connectivity index (χ3n) is 2.87. The molecular weight excluding hydrogens is 266 g/mol. The van der Waals surface area contributed by atoms with Gasteiger partial charge in [0, 0.05) is 5.54 Å². The van der Waals surface area contributed by atoms with E-state index in [1.165, 1.54) is 6.20 Å². The number of hydrogen-bond acceptors (Lipinski definition) is 5. The average molecular weight is 293 g/mol. The Morgan fingerprint density at radius 3 is 2.48 bits per heavy atom. The third-order valence-corrected chi connectivity index (χ3v) is 2.87. The number of pyridine rings is 1. The first kappa shape index (κ1) is 17.3. The SMILES string of the molecule is CCOC(=O)c1cc(NC(C)(C)CC(C)(C)C)ncc1N. The minimum Gasteiger partial charge on any atom is -0.462 e. The van der Waals surface area contributed by atoms with Crippen LogP contribution in [0.5, 0.6) is 0 Å². The lowest BCUT2D eigenvalue weighted by atomic mass is 9.82. The predicted molar refractivity (Wildman–Crippen MR) is 86.4 cm³/mol. The maximum Gasteiger partial charge on any atom is 0.340 e. The van der Waals surface area contributed by atoms with Crippen LogP contribution in [-0.2, 0) is 4.74 Å². The lowest BCUT2D eigenvalue weighted by Crippen LogP contribution is -2.35. The van der Waals surface area contributed by atoms with Gasteiger partial charge in [-0.05, 0) is 38.7 Å². The minimum absolute atomic E-state index is 0.146. The molecule has 0 unspecified atom stereocenters. The van der Waals surface area contributed by atoms with Crippen molar-refractivity contribution < 1.29 is 9.53 Å². The number of nitrogens with zero attached hydrogens (tertiary/aromatic N) is 1. The lowest BCUT2D eigenvalue weighted by molar-refractivity contribution is 0.0527. The van der Waals surface area contributed by atoms with E-state index in [0.29, 0.717) is 23.7 Å². The smallest absolute Gasteiger partial charge is 0.340 e. The van der Waals surface area contributed by atoms with Gasteiger partial charge in [-0.25, -0.2) is 9.78 Å². The van der Waals surface area contributed by atoms with Gasteiger partial charge in [-0.15, -0.1) is 0 Å².